The number of rotatable bonds is 9. The number of benzene rings is 2. The van der Waals surface area contributed by atoms with Gasteiger partial charge in [0.2, 0.25) is 0 Å². The smallest absolute Gasteiger partial charge is 0.343 e. The first-order chi connectivity index (χ1) is 12.1. The highest BCUT2D eigenvalue weighted by molar-refractivity contribution is 5.91. The van der Waals surface area contributed by atoms with Gasteiger partial charge < -0.3 is 9.47 Å². The number of ether oxygens (including phenoxy) is 2. The average Bonchev–Trinajstić information content (AvgIpc) is 2.61. The highest BCUT2D eigenvalue weighted by Gasteiger charge is 2.10. The minimum Gasteiger partial charge on any atom is -0.494 e. The Balaban J connectivity index is 1.83. The zero-order valence-electron chi connectivity index (χ0n) is 15.5. The Morgan fingerprint density at radius 3 is 2.32 bits per heavy atom. The Bertz CT molecular complexity index is 674. The van der Waals surface area contributed by atoms with Crippen LogP contribution < -0.4 is 9.47 Å². The lowest BCUT2D eigenvalue weighted by Crippen LogP contribution is -2.09. The molecule has 3 heteroatoms. The van der Waals surface area contributed by atoms with Crippen molar-refractivity contribution < 1.29 is 14.3 Å². The van der Waals surface area contributed by atoms with Crippen LogP contribution in [0, 0.1) is 13.8 Å². The molecule has 0 radical (unpaired) electrons. The van der Waals surface area contributed by atoms with E-state index in [1.54, 1.807) is 12.1 Å². The van der Waals surface area contributed by atoms with Crippen LogP contribution in [-0.4, -0.2) is 12.6 Å². The molecule has 2 aromatic carbocycles. The molecule has 0 aliphatic heterocycles. The van der Waals surface area contributed by atoms with Gasteiger partial charge in [-0.2, -0.15) is 0 Å². The summed E-state index contributed by atoms with van der Waals surface area (Å²) in [7, 11) is 0. The summed E-state index contributed by atoms with van der Waals surface area (Å²) in [6.07, 6.45) is 6.07. The number of carbonyl (C=O) groups is 1. The summed E-state index contributed by atoms with van der Waals surface area (Å²) in [6, 6.07) is 12.9. The molecule has 0 aliphatic carbocycles. The van der Waals surface area contributed by atoms with Crippen molar-refractivity contribution in [3.63, 3.8) is 0 Å². The molecule has 3 nitrogen and oxygen atoms in total. The zero-order valence-corrected chi connectivity index (χ0v) is 15.5. The van der Waals surface area contributed by atoms with Crippen LogP contribution in [0.1, 0.15) is 60.5 Å². The number of hydrogen-bond acceptors (Lipinski definition) is 3. The molecule has 0 saturated carbocycles. The van der Waals surface area contributed by atoms with E-state index in [9.17, 15) is 4.79 Å². The molecular formula is C22H28O3. The van der Waals surface area contributed by atoms with Gasteiger partial charge in [-0.1, -0.05) is 50.3 Å². The van der Waals surface area contributed by atoms with Crippen molar-refractivity contribution in [2.75, 3.05) is 6.61 Å². The summed E-state index contributed by atoms with van der Waals surface area (Å²) in [5, 5.41) is 0. The van der Waals surface area contributed by atoms with E-state index in [1.807, 2.05) is 44.2 Å². The van der Waals surface area contributed by atoms with Crippen molar-refractivity contribution in [2.24, 2.45) is 0 Å². The van der Waals surface area contributed by atoms with Crippen molar-refractivity contribution in [1.29, 1.82) is 0 Å². The maximum absolute atomic E-state index is 12.3. The SMILES string of the molecule is CCCCCCCOc1ccc(C(=O)Oc2ccc(C)cc2C)cc1. The van der Waals surface area contributed by atoms with Crippen LogP contribution in [0.5, 0.6) is 11.5 Å². The van der Waals surface area contributed by atoms with Crippen LogP contribution >= 0.6 is 0 Å². The highest BCUT2D eigenvalue weighted by atomic mass is 16.5. The minimum atomic E-state index is -0.349. The van der Waals surface area contributed by atoms with E-state index in [2.05, 4.69) is 6.92 Å². The van der Waals surface area contributed by atoms with Gasteiger partial charge in [-0.15, -0.1) is 0 Å². The number of esters is 1. The predicted octanol–water partition coefficient (Wildman–Crippen LogP) is 5.87. The lowest BCUT2D eigenvalue weighted by Gasteiger charge is -2.09. The monoisotopic (exact) mass is 340 g/mol. The second kappa shape index (κ2) is 9.87. The van der Waals surface area contributed by atoms with Crippen LogP contribution in [0.2, 0.25) is 0 Å². The maximum atomic E-state index is 12.3. The molecule has 0 bridgehead atoms. The van der Waals surface area contributed by atoms with Crippen LogP contribution in [0.3, 0.4) is 0 Å². The summed E-state index contributed by atoms with van der Waals surface area (Å²) >= 11 is 0. The maximum Gasteiger partial charge on any atom is 0.343 e. The largest absolute Gasteiger partial charge is 0.494 e. The van der Waals surface area contributed by atoms with Gasteiger partial charge in [-0.3, -0.25) is 0 Å². The molecule has 0 heterocycles. The lowest BCUT2D eigenvalue weighted by molar-refractivity contribution is 0.0733. The second-order valence-electron chi connectivity index (χ2n) is 6.45. The Hall–Kier alpha value is -2.29. The Morgan fingerprint density at radius 2 is 1.64 bits per heavy atom. The molecule has 0 amide bonds. The van der Waals surface area contributed by atoms with Crippen LogP contribution in [0.25, 0.3) is 0 Å². The molecule has 0 N–H and O–H groups in total. The predicted molar refractivity (Wildman–Crippen MR) is 102 cm³/mol. The molecule has 25 heavy (non-hydrogen) atoms. The molecule has 134 valence electrons. The second-order valence-corrected chi connectivity index (χ2v) is 6.45. The summed E-state index contributed by atoms with van der Waals surface area (Å²) < 4.78 is 11.2. The first-order valence-electron chi connectivity index (χ1n) is 9.12. The Morgan fingerprint density at radius 1 is 0.920 bits per heavy atom. The van der Waals surface area contributed by atoms with Gasteiger partial charge in [-0.25, -0.2) is 4.79 Å². The number of carbonyl (C=O) groups excluding carboxylic acids is 1. The molecule has 0 aliphatic rings. The van der Waals surface area contributed by atoms with Gasteiger partial charge in [0, 0.05) is 0 Å². The molecule has 0 aromatic heterocycles. The Kier molecular flexibility index (Phi) is 7.52. The fourth-order valence-electron chi connectivity index (χ4n) is 2.66. The molecule has 0 saturated heterocycles. The van der Waals surface area contributed by atoms with E-state index in [-0.39, 0.29) is 5.97 Å². The van der Waals surface area contributed by atoms with Crippen LogP contribution in [-0.2, 0) is 0 Å². The quantitative estimate of drug-likeness (QED) is 0.325. The number of aryl methyl sites for hydroxylation is 2. The van der Waals surface area contributed by atoms with Crippen molar-refractivity contribution in [1.82, 2.24) is 0 Å². The highest BCUT2D eigenvalue weighted by Crippen LogP contribution is 2.21. The van der Waals surface area contributed by atoms with Crippen molar-refractivity contribution in [2.45, 2.75) is 52.9 Å². The fourth-order valence-corrected chi connectivity index (χ4v) is 2.66. The molecule has 0 atom stereocenters. The number of hydrogen-bond donors (Lipinski definition) is 0. The third-order valence-electron chi connectivity index (χ3n) is 4.14. The number of unbranched alkanes of at least 4 members (excludes halogenated alkanes) is 4. The normalized spacial score (nSPS) is 10.5. The van der Waals surface area contributed by atoms with Gasteiger partial charge >= 0.3 is 5.97 Å². The zero-order chi connectivity index (χ0) is 18.1. The average molecular weight is 340 g/mol. The van der Waals surface area contributed by atoms with E-state index in [1.165, 1.54) is 25.7 Å². The van der Waals surface area contributed by atoms with Crippen molar-refractivity contribution in [3.05, 3.63) is 59.2 Å². The van der Waals surface area contributed by atoms with Gasteiger partial charge in [-0.05, 0) is 56.2 Å². The third-order valence-corrected chi connectivity index (χ3v) is 4.14. The molecule has 0 fully saturated rings. The summed E-state index contributed by atoms with van der Waals surface area (Å²) in [6.45, 7) is 6.88. The summed E-state index contributed by atoms with van der Waals surface area (Å²) in [5.74, 6) is 1.04. The van der Waals surface area contributed by atoms with Gasteiger partial charge in [0.15, 0.2) is 0 Å². The molecule has 2 rings (SSSR count). The van der Waals surface area contributed by atoms with Crippen molar-refractivity contribution >= 4 is 5.97 Å². The first kappa shape index (κ1) is 19.0. The van der Waals surface area contributed by atoms with Gasteiger partial charge in [0.05, 0.1) is 12.2 Å². The molecule has 0 unspecified atom stereocenters. The van der Waals surface area contributed by atoms with E-state index < -0.39 is 0 Å². The topological polar surface area (TPSA) is 35.5 Å². The van der Waals surface area contributed by atoms with Crippen LogP contribution in [0.15, 0.2) is 42.5 Å². The van der Waals surface area contributed by atoms with Gasteiger partial charge in [0.1, 0.15) is 11.5 Å². The van der Waals surface area contributed by atoms with E-state index in [0.717, 1.165) is 29.9 Å². The molecule has 2 aromatic rings. The standard InChI is InChI=1S/C22H28O3/c1-4-5-6-7-8-15-24-20-12-10-19(11-13-20)22(23)25-21-14-9-17(2)16-18(21)3/h9-14,16H,4-8,15H2,1-3H3. The van der Waals surface area contributed by atoms with Crippen LogP contribution in [0.4, 0.5) is 0 Å². The van der Waals surface area contributed by atoms with Gasteiger partial charge in [0.25, 0.3) is 0 Å². The minimum absolute atomic E-state index is 0.349. The summed E-state index contributed by atoms with van der Waals surface area (Å²) in [5.41, 5.74) is 2.63. The summed E-state index contributed by atoms with van der Waals surface area (Å²) in [4.78, 5) is 12.3. The molecule has 0 spiro atoms. The molecular weight excluding hydrogens is 312 g/mol. The van der Waals surface area contributed by atoms with E-state index >= 15 is 0 Å². The van der Waals surface area contributed by atoms with Crippen molar-refractivity contribution in [3.8, 4) is 11.5 Å². The van der Waals surface area contributed by atoms with E-state index in [4.69, 9.17) is 9.47 Å². The Labute approximate surface area is 151 Å². The third kappa shape index (κ3) is 6.26. The lowest BCUT2D eigenvalue weighted by atomic mass is 10.1. The fraction of sp³-hybridized carbons (Fsp3) is 0.409. The van der Waals surface area contributed by atoms with E-state index in [0.29, 0.717) is 11.3 Å². The first-order valence-corrected chi connectivity index (χ1v) is 9.12.